The second-order valence-corrected chi connectivity index (χ2v) is 7.96. The van der Waals surface area contributed by atoms with E-state index in [1.54, 1.807) is 4.90 Å². The van der Waals surface area contributed by atoms with Crippen molar-refractivity contribution in [2.75, 3.05) is 19.8 Å². The normalized spacial score (nSPS) is 29.5. The maximum Gasteiger partial charge on any atom is 0.412 e. The van der Waals surface area contributed by atoms with E-state index in [0.717, 1.165) is 38.7 Å². The Morgan fingerprint density at radius 3 is 2.57 bits per heavy atom. The van der Waals surface area contributed by atoms with Gasteiger partial charge in [0.05, 0.1) is 31.5 Å². The van der Waals surface area contributed by atoms with Gasteiger partial charge in [0.2, 0.25) is 0 Å². The Hall–Kier alpha value is -0.810. The first-order valence-electron chi connectivity index (χ1n) is 8.99. The van der Waals surface area contributed by atoms with Crippen molar-refractivity contribution in [2.45, 2.75) is 84.1 Å². The summed E-state index contributed by atoms with van der Waals surface area (Å²) in [7, 11) is 0. The second-order valence-electron chi connectivity index (χ2n) is 7.96. The van der Waals surface area contributed by atoms with E-state index in [4.69, 9.17) is 14.2 Å². The monoisotopic (exact) mass is 327 g/mol. The van der Waals surface area contributed by atoms with Gasteiger partial charge >= 0.3 is 6.09 Å². The maximum absolute atomic E-state index is 12.5. The lowest BCUT2D eigenvalue weighted by Gasteiger charge is -2.38. The average Bonchev–Trinajstić information content (AvgIpc) is 2.76. The molecule has 5 nitrogen and oxygen atoms in total. The number of unbranched alkanes of at least 4 members (excludes halogenated alkanes) is 1. The smallest absolute Gasteiger partial charge is 0.412 e. The van der Waals surface area contributed by atoms with Gasteiger partial charge in [0.15, 0.2) is 0 Å². The minimum atomic E-state index is -0.594. The standard InChI is InChI=1S/C18H33NO4/c1-6-7-10-21-16(20)19-15(13-23-18(19,4)5)11-14-8-9-17(2,3)22-12-14/h14-15H,6-13H2,1-5H3/t14-,15?/m1/s1. The number of amides is 1. The quantitative estimate of drug-likeness (QED) is 0.717. The zero-order valence-electron chi connectivity index (χ0n) is 15.4. The van der Waals surface area contributed by atoms with Crippen LogP contribution in [0.5, 0.6) is 0 Å². The molecule has 0 aromatic carbocycles. The second kappa shape index (κ2) is 7.39. The van der Waals surface area contributed by atoms with Crippen LogP contribution < -0.4 is 0 Å². The third-order valence-electron chi connectivity index (χ3n) is 4.96. The summed E-state index contributed by atoms with van der Waals surface area (Å²) in [5.41, 5.74) is -0.608. The molecule has 2 aliphatic rings. The van der Waals surface area contributed by atoms with Crippen molar-refractivity contribution < 1.29 is 19.0 Å². The molecule has 1 unspecified atom stereocenters. The van der Waals surface area contributed by atoms with E-state index in [1.807, 2.05) is 13.8 Å². The molecule has 2 saturated heterocycles. The number of nitrogens with zero attached hydrogens (tertiary/aromatic N) is 1. The van der Waals surface area contributed by atoms with Gasteiger partial charge in [-0.05, 0) is 59.3 Å². The zero-order chi connectivity index (χ0) is 17.1. The molecular formula is C18H33NO4. The average molecular weight is 327 g/mol. The Morgan fingerprint density at radius 2 is 1.96 bits per heavy atom. The van der Waals surface area contributed by atoms with Crippen molar-refractivity contribution in [2.24, 2.45) is 5.92 Å². The maximum atomic E-state index is 12.5. The van der Waals surface area contributed by atoms with Crippen LogP contribution in [-0.2, 0) is 14.2 Å². The Labute approximate surface area is 140 Å². The van der Waals surface area contributed by atoms with Gasteiger partial charge in [0.1, 0.15) is 5.72 Å². The first kappa shape index (κ1) is 18.5. The minimum absolute atomic E-state index is 0.0132. The molecule has 0 spiro atoms. The summed E-state index contributed by atoms with van der Waals surface area (Å²) >= 11 is 0. The highest BCUT2D eigenvalue weighted by Gasteiger charge is 2.45. The van der Waals surface area contributed by atoms with Gasteiger partial charge in [0.25, 0.3) is 0 Å². The third-order valence-corrected chi connectivity index (χ3v) is 4.96. The molecular weight excluding hydrogens is 294 g/mol. The molecule has 5 heteroatoms. The van der Waals surface area contributed by atoms with E-state index in [-0.39, 0.29) is 17.7 Å². The Kier molecular flexibility index (Phi) is 5.95. The molecule has 0 saturated carbocycles. The lowest BCUT2D eigenvalue weighted by atomic mass is 9.87. The topological polar surface area (TPSA) is 48.0 Å². The number of carbonyl (C=O) groups excluding carboxylic acids is 1. The Morgan fingerprint density at radius 1 is 1.22 bits per heavy atom. The fourth-order valence-electron chi connectivity index (χ4n) is 3.42. The lowest BCUT2D eigenvalue weighted by molar-refractivity contribution is -0.0824. The molecule has 2 rings (SSSR count). The predicted octanol–water partition coefficient (Wildman–Crippen LogP) is 3.96. The summed E-state index contributed by atoms with van der Waals surface area (Å²) in [4.78, 5) is 14.3. The zero-order valence-corrected chi connectivity index (χ0v) is 15.4. The van der Waals surface area contributed by atoms with E-state index >= 15 is 0 Å². The lowest BCUT2D eigenvalue weighted by Crippen LogP contribution is -2.49. The van der Waals surface area contributed by atoms with Crippen molar-refractivity contribution in [1.82, 2.24) is 4.90 Å². The summed E-state index contributed by atoms with van der Waals surface area (Å²) in [5.74, 6) is 0.483. The SMILES string of the molecule is CCCCOC(=O)N1C(C[C@H]2CCC(C)(C)OC2)COC1(C)C. The van der Waals surface area contributed by atoms with E-state index < -0.39 is 5.72 Å². The van der Waals surface area contributed by atoms with Crippen LogP contribution in [0.15, 0.2) is 0 Å². The third kappa shape index (κ3) is 4.83. The molecule has 134 valence electrons. The van der Waals surface area contributed by atoms with Crippen LogP contribution in [0.4, 0.5) is 4.79 Å². The molecule has 0 aromatic heterocycles. The van der Waals surface area contributed by atoms with Crippen LogP contribution >= 0.6 is 0 Å². The van der Waals surface area contributed by atoms with Gasteiger partial charge in [-0.2, -0.15) is 0 Å². The predicted molar refractivity (Wildman–Crippen MR) is 89.3 cm³/mol. The van der Waals surface area contributed by atoms with E-state index in [1.165, 1.54) is 0 Å². The van der Waals surface area contributed by atoms with Crippen LogP contribution in [0.3, 0.4) is 0 Å². The summed E-state index contributed by atoms with van der Waals surface area (Å²) in [6, 6.07) is 0.0777. The van der Waals surface area contributed by atoms with Crippen molar-refractivity contribution >= 4 is 6.09 Å². The summed E-state index contributed by atoms with van der Waals surface area (Å²) in [6.45, 7) is 12.1. The number of ether oxygens (including phenoxy) is 3. The molecule has 2 heterocycles. The van der Waals surface area contributed by atoms with Gasteiger partial charge in [-0.1, -0.05) is 13.3 Å². The molecule has 1 amide bonds. The van der Waals surface area contributed by atoms with E-state index in [9.17, 15) is 4.79 Å². The highest BCUT2D eigenvalue weighted by molar-refractivity contribution is 5.69. The Balaban J connectivity index is 1.93. The van der Waals surface area contributed by atoms with Crippen LogP contribution in [0.2, 0.25) is 0 Å². The molecule has 0 radical (unpaired) electrons. The van der Waals surface area contributed by atoms with Gasteiger partial charge in [0, 0.05) is 0 Å². The highest BCUT2D eigenvalue weighted by atomic mass is 16.6. The fraction of sp³-hybridized carbons (Fsp3) is 0.944. The highest BCUT2D eigenvalue weighted by Crippen LogP contribution is 2.35. The molecule has 2 aliphatic heterocycles. The molecule has 0 bridgehead atoms. The van der Waals surface area contributed by atoms with Gasteiger partial charge in [-0.15, -0.1) is 0 Å². The van der Waals surface area contributed by atoms with Crippen molar-refractivity contribution in [1.29, 1.82) is 0 Å². The van der Waals surface area contributed by atoms with Crippen LogP contribution in [0, 0.1) is 5.92 Å². The van der Waals surface area contributed by atoms with Crippen molar-refractivity contribution in [3.8, 4) is 0 Å². The van der Waals surface area contributed by atoms with Crippen LogP contribution in [0.1, 0.15) is 66.7 Å². The molecule has 0 aliphatic carbocycles. The minimum Gasteiger partial charge on any atom is -0.449 e. The number of rotatable bonds is 5. The largest absolute Gasteiger partial charge is 0.449 e. The van der Waals surface area contributed by atoms with Gasteiger partial charge < -0.3 is 14.2 Å². The number of hydrogen-bond donors (Lipinski definition) is 0. The molecule has 0 N–H and O–H groups in total. The first-order valence-corrected chi connectivity index (χ1v) is 8.99. The fourth-order valence-corrected chi connectivity index (χ4v) is 3.42. The summed E-state index contributed by atoms with van der Waals surface area (Å²) in [5, 5.41) is 0. The summed E-state index contributed by atoms with van der Waals surface area (Å²) in [6.07, 6.45) is 4.80. The summed E-state index contributed by atoms with van der Waals surface area (Å²) < 4.78 is 17.2. The molecule has 23 heavy (non-hydrogen) atoms. The van der Waals surface area contributed by atoms with Crippen molar-refractivity contribution in [3.63, 3.8) is 0 Å². The number of hydrogen-bond acceptors (Lipinski definition) is 4. The number of carbonyl (C=O) groups is 1. The first-order chi connectivity index (χ1) is 10.7. The van der Waals surface area contributed by atoms with Crippen LogP contribution in [-0.4, -0.2) is 48.2 Å². The van der Waals surface area contributed by atoms with Gasteiger partial charge in [-0.25, -0.2) is 4.79 Å². The molecule has 0 aromatic rings. The molecule has 2 fully saturated rings. The Bertz CT molecular complexity index is 398. The van der Waals surface area contributed by atoms with Crippen molar-refractivity contribution in [3.05, 3.63) is 0 Å². The molecule has 2 atom stereocenters. The van der Waals surface area contributed by atoms with E-state index in [0.29, 0.717) is 19.1 Å². The van der Waals surface area contributed by atoms with Gasteiger partial charge in [-0.3, -0.25) is 4.90 Å². The van der Waals surface area contributed by atoms with Crippen LogP contribution in [0.25, 0.3) is 0 Å². The van der Waals surface area contributed by atoms with E-state index in [2.05, 4.69) is 20.8 Å².